The normalized spacial score (nSPS) is 22.7. The standard InChI is InChI=1S/C13H17N3O3/c17-12(18)6-9-2-1-5-16(9)13(19)11-7-10(14-15-11)8-3-4-8/h7-9H,1-6H2,(H,14,15)(H,17,18). The number of carbonyl (C=O) groups is 2. The van der Waals surface area contributed by atoms with Gasteiger partial charge >= 0.3 is 5.97 Å². The van der Waals surface area contributed by atoms with E-state index in [1.807, 2.05) is 6.07 Å². The highest BCUT2D eigenvalue weighted by molar-refractivity contribution is 5.93. The Morgan fingerprint density at radius 1 is 1.42 bits per heavy atom. The van der Waals surface area contributed by atoms with Gasteiger partial charge in [0.05, 0.1) is 6.42 Å². The molecule has 3 rings (SSSR count). The fourth-order valence-corrected chi connectivity index (χ4v) is 2.71. The van der Waals surface area contributed by atoms with Crippen molar-refractivity contribution in [2.24, 2.45) is 0 Å². The van der Waals surface area contributed by atoms with E-state index in [4.69, 9.17) is 5.11 Å². The van der Waals surface area contributed by atoms with Crippen molar-refractivity contribution in [2.45, 2.75) is 44.1 Å². The van der Waals surface area contributed by atoms with Crippen LogP contribution in [-0.4, -0.2) is 44.7 Å². The van der Waals surface area contributed by atoms with Crippen molar-refractivity contribution in [3.63, 3.8) is 0 Å². The minimum absolute atomic E-state index is 0.0195. The van der Waals surface area contributed by atoms with Crippen molar-refractivity contribution in [3.05, 3.63) is 17.5 Å². The number of aromatic amines is 1. The zero-order chi connectivity index (χ0) is 13.4. The van der Waals surface area contributed by atoms with E-state index in [0.29, 0.717) is 18.2 Å². The third-order valence-electron chi connectivity index (χ3n) is 3.88. The van der Waals surface area contributed by atoms with Gasteiger partial charge in [-0.3, -0.25) is 14.7 Å². The summed E-state index contributed by atoms with van der Waals surface area (Å²) in [5.74, 6) is -0.472. The number of carbonyl (C=O) groups excluding carboxylic acids is 1. The first-order chi connectivity index (χ1) is 9.15. The maximum absolute atomic E-state index is 12.3. The number of amides is 1. The lowest BCUT2D eigenvalue weighted by molar-refractivity contribution is -0.137. The second-order valence-electron chi connectivity index (χ2n) is 5.38. The molecule has 1 saturated heterocycles. The lowest BCUT2D eigenvalue weighted by atomic mass is 10.1. The van der Waals surface area contributed by atoms with Crippen LogP contribution in [0, 0.1) is 0 Å². The largest absolute Gasteiger partial charge is 0.481 e. The topological polar surface area (TPSA) is 86.3 Å². The molecule has 1 aromatic heterocycles. The summed E-state index contributed by atoms with van der Waals surface area (Å²) in [6.45, 7) is 0.627. The lowest BCUT2D eigenvalue weighted by Crippen LogP contribution is -2.37. The summed E-state index contributed by atoms with van der Waals surface area (Å²) >= 11 is 0. The molecule has 2 N–H and O–H groups in total. The molecule has 1 amide bonds. The summed E-state index contributed by atoms with van der Waals surface area (Å²) in [6, 6.07) is 1.63. The molecule has 1 aliphatic carbocycles. The molecule has 2 heterocycles. The van der Waals surface area contributed by atoms with Crippen molar-refractivity contribution < 1.29 is 14.7 Å². The summed E-state index contributed by atoms with van der Waals surface area (Å²) in [4.78, 5) is 24.8. The van der Waals surface area contributed by atoms with Crippen LogP contribution in [-0.2, 0) is 4.79 Å². The summed E-state index contributed by atoms with van der Waals surface area (Å²) in [5.41, 5.74) is 1.44. The molecule has 0 radical (unpaired) electrons. The number of aromatic nitrogens is 2. The second-order valence-corrected chi connectivity index (χ2v) is 5.38. The third-order valence-corrected chi connectivity index (χ3v) is 3.88. The highest BCUT2D eigenvalue weighted by Gasteiger charge is 2.33. The van der Waals surface area contributed by atoms with E-state index in [2.05, 4.69) is 10.2 Å². The van der Waals surface area contributed by atoms with Crippen LogP contribution in [0.25, 0.3) is 0 Å². The van der Waals surface area contributed by atoms with Gasteiger partial charge in [-0.2, -0.15) is 5.10 Å². The van der Waals surface area contributed by atoms with Gasteiger partial charge in [0.15, 0.2) is 0 Å². The molecule has 1 saturated carbocycles. The monoisotopic (exact) mass is 263 g/mol. The highest BCUT2D eigenvalue weighted by atomic mass is 16.4. The van der Waals surface area contributed by atoms with Crippen LogP contribution in [0.5, 0.6) is 0 Å². The Hall–Kier alpha value is -1.85. The Kier molecular flexibility index (Phi) is 3.00. The maximum atomic E-state index is 12.3. The number of likely N-dealkylation sites (tertiary alicyclic amines) is 1. The lowest BCUT2D eigenvalue weighted by Gasteiger charge is -2.22. The minimum atomic E-state index is -0.856. The summed E-state index contributed by atoms with van der Waals surface area (Å²) < 4.78 is 0. The Morgan fingerprint density at radius 3 is 2.89 bits per heavy atom. The van der Waals surface area contributed by atoms with Crippen LogP contribution < -0.4 is 0 Å². The van der Waals surface area contributed by atoms with Gasteiger partial charge in [0, 0.05) is 24.2 Å². The van der Waals surface area contributed by atoms with Crippen LogP contribution in [0.2, 0.25) is 0 Å². The van der Waals surface area contributed by atoms with Crippen LogP contribution in [0.3, 0.4) is 0 Å². The van der Waals surface area contributed by atoms with E-state index < -0.39 is 5.97 Å². The third kappa shape index (κ3) is 2.47. The zero-order valence-corrected chi connectivity index (χ0v) is 10.6. The van der Waals surface area contributed by atoms with Crippen molar-refractivity contribution in [1.29, 1.82) is 0 Å². The maximum Gasteiger partial charge on any atom is 0.305 e. The number of aliphatic carboxylic acids is 1. The van der Waals surface area contributed by atoms with Crippen LogP contribution >= 0.6 is 0 Å². The minimum Gasteiger partial charge on any atom is -0.481 e. The summed E-state index contributed by atoms with van der Waals surface area (Å²) in [5, 5.41) is 15.9. The van der Waals surface area contributed by atoms with E-state index >= 15 is 0 Å². The molecule has 1 aromatic rings. The van der Waals surface area contributed by atoms with Gasteiger partial charge in [-0.25, -0.2) is 0 Å². The van der Waals surface area contributed by atoms with E-state index in [-0.39, 0.29) is 18.4 Å². The fraction of sp³-hybridized carbons (Fsp3) is 0.615. The van der Waals surface area contributed by atoms with Gasteiger partial charge in [-0.05, 0) is 31.7 Å². The van der Waals surface area contributed by atoms with Crippen molar-refractivity contribution in [2.75, 3.05) is 6.54 Å². The molecule has 0 bridgehead atoms. The van der Waals surface area contributed by atoms with E-state index in [1.54, 1.807) is 4.90 Å². The molecular weight excluding hydrogens is 246 g/mol. The molecule has 0 spiro atoms. The van der Waals surface area contributed by atoms with Crippen molar-refractivity contribution >= 4 is 11.9 Å². The van der Waals surface area contributed by atoms with Gasteiger partial charge < -0.3 is 10.0 Å². The average Bonchev–Trinajstić information content (AvgIpc) is 2.93. The molecule has 1 aliphatic heterocycles. The first-order valence-electron chi connectivity index (χ1n) is 6.73. The number of hydrogen-bond donors (Lipinski definition) is 2. The predicted molar refractivity (Wildman–Crippen MR) is 66.9 cm³/mol. The molecular formula is C13H17N3O3. The first-order valence-corrected chi connectivity index (χ1v) is 6.73. The van der Waals surface area contributed by atoms with Crippen LogP contribution in [0.4, 0.5) is 0 Å². The number of H-pyrrole nitrogens is 1. The van der Waals surface area contributed by atoms with Crippen LogP contribution in [0.15, 0.2) is 6.07 Å². The van der Waals surface area contributed by atoms with Gasteiger partial charge in [0.1, 0.15) is 5.69 Å². The van der Waals surface area contributed by atoms with Crippen molar-refractivity contribution in [1.82, 2.24) is 15.1 Å². The Labute approximate surface area is 110 Å². The molecule has 1 atom stereocenters. The highest BCUT2D eigenvalue weighted by Crippen LogP contribution is 2.39. The first kappa shape index (κ1) is 12.2. The SMILES string of the molecule is O=C(O)CC1CCCN1C(=O)c1cc(C2CC2)[nH]n1. The molecule has 6 nitrogen and oxygen atoms in total. The van der Waals surface area contributed by atoms with Gasteiger partial charge in [-0.15, -0.1) is 0 Å². The van der Waals surface area contributed by atoms with E-state index in [9.17, 15) is 9.59 Å². The smallest absolute Gasteiger partial charge is 0.305 e. The molecule has 19 heavy (non-hydrogen) atoms. The van der Waals surface area contributed by atoms with E-state index in [0.717, 1.165) is 31.4 Å². The molecule has 1 unspecified atom stereocenters. The number of hydrogen-bond acceptors (Lipinski definition) is 3. The quantitative estimate of drug-likeness (QED) is 0.859. The molecule has 2 fully saturated rings. The average molecular weight is 263 g/mol. The van der Waals surface area contributed by atoms with Gasteiger partial charge in [-0.1, -0.05) is 0 Å². The van der Waals surface area contributed by atoms with Crippen molar-refractivity contribution in [3.8, 4) is 0 Å². The zero-order valence-electron chi connectivity index (χ0n) is 10.6. The number of carboxylic acid groups (broad SMARTS) is 1. The number of nitrogens with zero attached hydrogens (tertiary/aromatic N) is 2. The second kappa shape index (κ2) is 4.68. The number of nitrogens with one attached hydrogen (secondary N) is 1. The molecule has 2 aliphatic rings. The Bertz CT molecular complexity index is 507. The molecule has 6 heteroatoms. The predicted octanol–water partition coefficient (Wildman–Crippen LogP) is 1.37. The molecule has 0 aromatic carbocycles. The summed E-state index contributed by atoms with van der Waals surface area (Å²) in [6.07, 6.45) is 3.95. The van der Waals surface area contributed by atoms with Crippen LogP contribution in [0.1, 0.15) is 54.2 Å². The van der Waals surface area contributed by atoms with Gasteiger partial charge in [0.2, 0.25) is 0 Å². The van der Waals surface area contributed by atoms with E-state index in [1.165, 1.54) is 0 Å². The molecule has 102 valence electrons. The number of carboxylic acids is 1. The summed E-state index contributed by atoms with van der Waals surface area (Å²) in [7, 11) is 0. The number of rotatable bonds is 4. The fourth-order valence-electron chi connectivity index (χ4n) is 2.71. The Balaban J connectivity index is 1.72. The Morgan fingerprint density at radius 2 is 2.21 bits per heavy atom. The van der Waals surface area contributed by atoms with Gasteiger partial charge in [0.25, 0.3) is 5.91 Å².